The third-order valence-electron chi connectivity index (χ3n) is 4.99. The van der Waals surface area contributed by atoms with Gasteiger partial charge in [0.2, 0.25) is 0 Å². The first-order chi connectivity index (χ1) is 13.7. The molecule has 4 aromatic rings. The van der Waals surface area contributed by atoms with Gasteiger partial charge in [-0.15, -0.1) is 0 Å². The lowest BCUT2D eigenvalue weighted by Gasteiger charge is -2.11. The second kappa shape index (κ2) is 7.65. The summed E-state index contributed by atoms with van der Waals surface area (Å²) in [6.07, 6.45) is 0.914. The van der Waals surface area contributed by atoms with E-state index in [4.69, 9.17) is 4.74 Å². The first-order valence-electron chi connectivity index (χ1n) is 9.37. The number of hydrogen-bond acceptors (Lipinski definition) is 3. The largest absolute Gasteiger partial charge is 0.454 e. The second-order valence-electron chi connectivity index (χ2n) is 6.74. The third-order valence-corrected chi connectivity index (χ3v) is 4.99. The quantitative estimate of drug-likeness (QED) is 0.262. The Morgan fingerprint density at radius 3 is 1.93 bits per heavy atom. The number of ketones is 1. The molecule has 0 bridgehead atoms. The summed E-state index contributed by atoms with van der Waals surface area (Å²) in [4.78, 5) is 25.4. The Morgan fingerprint density at radius 1 is 0.786 bits per heavy atom. The topological polar surface area (TPSA) is 43.4 Å². The molecular formula is C25H20O3. The van der Waals surface area contributed by atoms with Crippen LogP contribution >= 0.6 is 0 Å². The van der Waals surface area contributed by atoms with E-state index in [0.717, 1.165) is 33.5 Å². The number of rotatable bonds is 5. The minimum atomic E-state index is -0.480. The molecule has 0 unspecified atom stereocenters. The van der Waals surface area contributed by atoms with E-state index in [2.05, 4.69) is 13.0 Å². The lowest BCUT2D eigenvalue weighted by Crippen LogP contribution is -2.15. The van der Waals surface area contributed by atoms with Crippen LogP contribution in [0.2, 0.25) is 0 Å². The molecule has 28 heavy (non-hydrogen) atoms. The first kappa shape index (κ1) is 17.9. The number of esters is 1. The van der Waals surface area contributed by atoms with Crippen LogP contribution < -0.4 is 0 Å². The highest BCUT2D eigenvalue weighted by Gasteiger charge is 2.18. The molecule has 138 valence electrons. The van der Waals surface area contributed by atoms with Gasteiger partial charge in [0, 0.05) is 5.56 Å². The van der Waals surface area contributed by atoms with E-state index < -0.39 is 5.97 Å². The Bertz CT molecular complexity index is 1120. The number of fused-ring (bicyclic) bond motifs is 2. The number of benzene rings is 4. The summed E-state index contributed by atoms with van der Waals surface area (Å²) in [5.41, 5.74) is 2.21. The number of carbonyl (C=O) groups excluding carboxylic acids is 2. The fourth-order valence-corrected chi connectivity index (χ4v) is 3.45. The minimum absolute atomic E-state index is 0.208. The highest BCUT2D eigenvalue weighted by atomic mass is 16.5. The maximum Gasteiger partial charge on any atom is 0.339 e. The number of carbonyl (C=O) groups is 2. The van der Waals surface area contributed by atoms with Gasteiger partial charge in [-0.2, -0.15) is 0 Å². The fourth-order valence-electron chi connectivity index (χ4n) is 3.45. The molecule has 3 nitrogen and oxygen atoms in total. The zero-order valence-electron chi connectivity index (χ0n) is 15.6. The number of ether oxygens (including phenoxy) is 1. The van der Waals surface area contributed by atoms with E-state index in [9.17, 15) is 9.59 Å². The summed E-state index contributed by atoms with van der Waals surface area (Å²) < 4.78 is 5.43. The molecule has 0 radical (unpaired) electrons. The Labute approximate surface area is 163 Å². The molecule has 0 heterocycles. The lowest BCUT2D eigenvalue weighted by atomic mass is 9.97. The summed E-state index contributed by atoms with van der Waals surface area (Å²) in [5, 5.41) is 3.58. The van der Waals surface area contributed by atoms with Gasteiger partial charge in [-0.25, -0.2) is 4.79 Å². The first-order valence-corrected chi connectivity index (χ1v) is 9.37. The van der Waals surface area contributed by atoms with Crippen molar-refractivity contribution in [1.82, 2.24) is 0 Å². The summed E-state index contributed by atoms with van der Waals surface area (Å²) >= 11 is 0. The number of aryl methyl sites for hydroxylation is 1. The SMILES string of the molecule is CCc1ccc(C(=O)COC(=O)c2c3ccccc3cc3ccccc23)cc1. The van der Waals surface area contributed by atoms with Crippen molar-refractivity contribution in [3.63, 3.8) is 0 Å². The van der Waals surface area contributed by atoms with Crippen molar-refractivity contribution in [3.05, 3.63) is 95.6 Å². The lowest BCUT2D eigenvalue weighted by molar-refractivity contribution is 0.0478. The van der Waals surface area contributed by atoms with Crippen LogP contribution in [0.5, 0.6) is 0 Å². The number of hydrogen-bond donors (Lipinski definition) is 0. The molecule has 4 rings (SSSR count). The van der Waals surface area contributed by atoms with Gasteiger partial charge in [-0.3, -0.25) is 4.79 Å². The van der Waals surface area contributed by atoms with E-state index in [1.807, 2.05) is 60.7 Å². The summed E-state index contributed by atoms with van der Waals surface area (Å²) in [5.74, 6) is -0.688. The van der Waals surface area contributed by atoms with Crippen LogP contribution in [0.15, 0.2) is 78.9 Å². The molecule has 0 aromatic heterocycles. The Kier molecular flexibility index (Phi) is 4.90. The van der Waals surface area contributed by atoms with Crippen LogP contribution in [0.1, 0.15) is 33.2 Å². The van der Waals surface area contributed by atoms with Crippen molar-refractivity contribution in [1.29, 1.82) is 0 Å². The molecule has 3 heteroatoms. The normalized spacial score (nSPS) is 10.9. The molecule has 0 spiro atoms. The molecular weight excluding hydrogens is 348 g/mol. The standard InChI is InChI=1S/C25H20O3/c1-2-17-11-13-18(14-12-17)23(26)16-28-25(27)24-21-9-5-3-7-19(21)15-20-8-4-6-10-22(20)24/h3-15H,2,16H2,1H3. The molecule has 0 aliphatic heterocycles. The zero-order valence-corrected chi connectivity index (χ0v) is 15.6. The van der Waals surface area contributed by atoms with Gasteiger partial charge in [0.15, 0.2) is 12.4 Å². The van der Waals surface area contributed by atoms with Crippen LogP contribution in [-0.2, 0) is 11.2 Å². The summed E-state index contributed by atoms with van der Waals surface area (Å²) in [7, 11) is 0. The van der Waals surface area contributed by atoms with E-state index in [-0.39, 0.29) is 12.4 Å². The van der Waals surface area contributed by atoms with Gasteiger partial charge in [-0.05, 0) is 39.6 Å². The van der Waals surface area contributed by atoms with Gasteiger partial charge in [0.05, 0.1) is 5.56 Å². The molecule has 0 saturated carbocycles. The van der Waals surface area contributed by atoms with Crippen molar-refractivity contribution >= 4 is 33.3 Å². The van der Waals surface area contributed by atoms with Crippen molar-refractivity contribution in [2.45, 2.75) is 13.3 Å². The van der Waals surface area contributed by atoms with E-state index >= 15 is 0 Å². The minimum Gasteiger partial charge on any atom is -0.454 e. The smallest absolute Gasteiger partial charge is 0.339 e. The van der Waals surface area contributed by atoms with E-state index in [0.29, 0.717) is 11.1 Å². The van der Waals surface area contributed by atoms with Crippen LogP contribution in [0.4, 0.5) is 0 Å². The molecule has 4 aromatic carbocycles. The second-order valence-corrected chi connectivity index (χ2v) is 6.74. The van der Waals surface area contributed by atoms with Crippen molar-refractivity contribution in [2.24, 2.45) is 0 Å². The zero-order chi connectivity index (χ0) is 19.5. The summed E-state index contributed by atoms with van der Waals surface area (Å²) in [6, 6.07) is 24.9. The third kappa shape index (κ3) is 3.39. The van der Waals surface area contributed by atoms with Crippen LogP contribution in [0.25, 0.3) is 21.5 Å². The average Bonchev–Trinajstić information content (AvgIpc) is 2.75. The predicted molar refractivity (Wildman–Crippen MR) is 112 cm³/mol. The Hall–Kier alpha value is -3.46. The van der Waals surface area contributed by atoms with Crippen LogP contribution in [-0.4, -0.2) is 18.4 Å². The van der Waals surface area contributed by atoms with Crippen LogP contribution in [0.3, 0.4) is 0 Å². The van der Waals surface area contributed by atoms with Crippen molar-refractivity contribution in [2.75, 3.05) is 6.61 Å². The molecule has 0 amide bonds. The van der Waals surface area contributed by atoms with Crippen LogP contribution in [0, 0.1) is 0 Å². The fraction of sp³-hybridized carbons (Fsp3) is 0.120. The molecule has 0 fully saturated rings. The van der Waals surface area contributed by atoms with Gasteiger partial charge in [0.25, 0.3) is 0 Å². The van der Waals surface area contributed by atoms with Crippen molar-refractivity contribution in [3.8, 4) is 0 Å². The van der Waals surface area contributed by atoms with E-state index in [1.54, 1.807) is 12.1 Å². The highest BCUT2D eigenvalue weighted by Crippen LogP contribution is 2.29. The summed E-state index contributed by atoms with van der Waals surface area (Å²) in [6.45, 7) is 1.79. The monoisotopic (exact) mass is 368 g/mol. The van der Waals surface area contributed by atoms with Crippen molar-refractivity contribution < 1.29 is 14.3 Å². The maximum absolute atomic E-state index is 12.9. The van der Waals surface area contributed by atoms with E-state index in [1.165, 1.54) is 0 Å². The number of Topliss-reactive ketones (excluding diaryl/α,β-unsaturated/α-hetero) is 1. The molecule has 0 N–H and O–H groups in total. The maximum atomic E-state index is 12.9. The molecule has 0 aliphatic rings. The van der Waals surface area contributed by atoms with Gasteiger partial charge >= 0.3 is 5.97 Å². The van der Waals surface area contributed by atoms with Gasteiger partial charge < -0.3 is 4.74 Å². The highest BCUT2D eigenvalue weighted by molar-refractivity contribution is 6.17. The Morgan fingerprint density at radius 2 is 1.36 bits per heavy atom. The molecule has 0 saturated heterocycles. The predicted octanol–water partition coefficient (Wildman–Crippen LogP) is 5.60. The molecule has 0 atom stereocenters. The van der Waals surface area contributed by atoms with Gasteiger partial charge in [0.1, 0.15) is 0 Å². The molecule has 0 aliphatic carbocycles. The van der Waals surface area contributed by atoms with Gasteiger partial charge in [-0.1, -0.05) is 79.7 Å². The average molecular weight is 368 g/mol. The Balaban J connectivity index is 1.63.